The number of fused-ring (bicyclic) bond motifs is 1. The lowest BCUT2D eigenvalue weighted by Gasteiger charge is -2.00. The van der Waals surface area contributed by atoms with Crippen LogP contribution in [0.25, 0.3) is 10.9 Å². The molecule has 0 aliphatic carbocycles. The Balaban J connectivity index is 1.87. The highest BCUT2D eigenvalue weighted by Gasteiger charge is 2.11. The van der Waals surface area contributed by atoms with Gasteiger partial charge >= 0.3 is 6.01 Å². The minimum absolute atomic E-state index is 0.0854. The summed E-state index contributed by atoms with van der Waals surface area (Å²) in [6.45, 7) is 1.68. The van der Waals surface area contributed by atoms with Crippen molar-refractivity contribution in [3.05, 3.63) is 35.8 Å². The molecule has 3 aromatic rings. The predicted molar refractivity (Wildman–Crippen MR) is 63.1 cm³/mol. The maximum absolute atomic E-state index is 11.9. The van der Waals surface area contributed by atoms with E-state index in [0.29, 0.717) is 11.4 Å². The van der Waals surface area contributed by atoms with Crippen LogP contribution in [0.4, 0.5) is 6.01 Å². The van der Waals surface area contributed by atoms with Crippen molar-refractivity contribution in [2.45, 2.75) is 6.92 Å². The third kappa shape index (κ3) is 1.81. The molecule has 18 heavy (non-hydrogen) atoms. The molecule has 0 unspecified atom stereocenters. The Labute approximate surface area is 101 Å². The molecule has 0 saturated carbocycles. The summed E-state index contributed by atoms with van der Waals surface area (Å²) in [5, 5.41) is 13.7. The molecule has 0 atom stereocenters. The number of aromatic amines is 1. The van der Waals surface area contributed by atoms with Gasteiger partial charge in [0.25, 0.3) is 5.91 Å². The number of benzene rings is 1. The van der Waals surface area contributed by atoms with Crippen molar-refractivity contribution in [1.29, 1.82) is 0 Å². The zero-order valence-corrected chi connectivity index (χ0v) is 9.47. The smallest absolute Gasteiger partial charge is 0.315 e. The average Bonchev–Trinajstić information content (AvgIpc) is 2.96. The van der Waals surface area contributed by atoms with Crippen molar-refractivity contribution in [3.8, 4) is 0 Å². The van der Waals surface area contributed by atoms with Gasteiger partial charge in [-0.1, -0.05) is 11.2 Å². The summed E-state index contributed by atoms with van der Waals surface area (Å²) in [5.74, 6) is 0.157. The van der Waals surface area contributed by atoms with Gasteiger partial charge in [-0.3, -0.25) is 15.2 Å². The zero-order chi connectivity index (χ0) is 12.5. The quantitative estimate of drug-likeness (QED) is 0.711. The van der Waals surface area contributed by atoms with Gasteiger partial charge in [0, 0.05) is 10.9 Å². The van der Waals surface area contributed by atoms with E-state index in [1.807, 2.05) is 6.07 Å². The molecule has 0 saturated heterocycles. The SMILES string of the molecule is Cc1noc(NC(=O)c2ccc3cn[nH]c3c2)n1. The van der Waals surface area contributed by atoms with Gasteiger partial charge in [0.2, 0.25) is 0 Å². The molecule has 3 rings (SSSR count). The fourth-order valence-electron chi connectivity index (χ4n) is 1.60. The summed E-state index contributed by atoms with van der Waals surface area (Å²) in [6.07, 6.45) is 1.69. The van der Waals surface area contributed by atoms with Crippen molar-refractivity contribution >= 4 is 22.8 Å². The van der Waals surface area contributed by atoms with E-state index in [1.165, 1.54) is 0 Å². The molecule has 2 heterocycles. The number of nitrogens with zero attached hydrogens (tertiary/aromatic N) is 3. The Hall–Kier alpha value is -2.70. The molecule has 0 fully saturated rings. The maximum atomic E-state index is 11.9. The Morgan fingerprint density at radius 2 is 2.33 bits per heavy atom. The van der Waals surface area contributed by atoms with E-state index in [0.717, 1.165) is 10.9 Å². The molecular formula is C11H9N5O2. The zero-order valence-electron chi connectivity index (χ0n) is 9.47. The van der Waals surface area contributed by atoms with Gasteiger partial charge in [-0.15, -0.1) is 0 Å². The Bertz CT molecular complexity index is 715. The molecule has 0 spiro atoms. The molecule has 0 aliphatic heterocycles. The van der Waals surface area contributed by atoms with Crippen molar-refractivity contribution in [3.63, 3.8) is 0 Å². The van der Waals surface area contributed by atoms with Crippen molar-refractivity contribution in [2.24, 2.45) is 0 Å². The van der Waals surface area contributed by atoms with Crippen LogP contribution in [0.5, 0.6) is 0 Å². The lowest BCUT2D eigenvalue weighted by Crippen LogP contribution is -2.11. The van der Waals surface area contributed by atoms with E-state index in [2.05, 4.69) is 25.7 Å². The number of rotatable bonds is 2. The molecule has 1 amide bonds. The Morgan fingerprint density at radius 3 is 3.11 bits per heavy atom. The van der Waals surface area contributed by atoms with E-state index >= 15 is 0 Å². The van der Waals surface area contributed by atoms with Crippen molar-refractivity contribution in [1.82, 2.24) is 20.3 Å². The van der Waals surface area contributed by atoms with Gasteiger partial charge in [0.1, 0.15) is 0 Å². The number of aryl methyl sites for hydroxylation is 1. The average molecular weight is 243 g/mol. The molecule has 0 radical (unpaired) electrons. The fourth-order valence-corrected chi connectivity index (χ4v) is 1.60. The van der Waals surface area contributed by atoms with E-state index < -0.39 is 0 Å². The minimum atomic E-state index is -0.310. The summed E-state index contributed by atoms with van der Waals surface area (Å²) in [7, 11) is 0. The van der Waals surface area contributed by atoms with Crippen LogP contribution < -0.4 is 5.32 Å². The molecule has 7 nitrogen and oxygen atoms in total. The summed E-state index contributed by atoms with van der Waals surface area (Å²) in [6, 6.07) is 5.31. The number of carbonyl (C=O) groups is 1. The van der Waals surface area contributed by atoms with Crippen LogP contribution in [0, 0.1) is 6.92 Å². The fraction of sp³-hybridized carbons (Fsp3) is 0.0909. The molecule has 0 bridgehead atoms. The Morgan fingerprint density at radius 1 is 1.44 bits per heavy atom. The first-order valence-corrected chi connectivity index (χ1v) is 5.27. The van der Waals surface area contributed by atoms with Crippen molar-refractivity contribution < 1.29 is 9.32 Å². The lowest BCUT2D eigenvalue weighted by molar-refractivity contribution is 0.102. The number of aromatic nitrogens is 4. The highest BCUT2D eigenvalue weighted by Crippen LogP contribution is 2.14. The van der Waals surface area contributed by atoms with Crippen LogP contribution in [0.3, 0.4) is 0 Å². The van der Waals surface area contributed by atoms with Crippen LogP contribution in [0.2, 0.25) is 0 Å². The van der Waals surface area contributed by atoms with Gasteiger partial charge in [0.05, 0.1) is 11.7 Å². The first kappa shape index (κ1) is 10.5. The van der Waals surface area contributed by atoms with Gasteiger partial charge in [-0.05, 0) is 19.1 Å². The maximum Gasteiger partial charge on any atom is 0.328 e. The first-order chi connectivity index (χ1) is 8.72. The minimum Gasteiger partial charge on any atom is -0.315 e. The first-order valence-electron chi connectivity index (χ1n) is 5.27. The monoisotopic (exact) mass is 243 g/mol. The van der Waals surface area contributed by atoms with Crippen LogP contribution >= 0.6 is 0 Å². The third-order valence-corrected chi connectivity index (χ3v) is 2.45. The summed E-state index contributed by atoms with van der Waals surface area (Å²) in [5.41, 5.74) is 1.28. The third-order valence-electron chi connectivity index (χ3n) is 2.45. The molecule has 0 aliphatic rings. The predicted octanol–water partition coefficient (Wildman–Crippen LogP) is 1.51. The van der Waals surface area contributed by atoms with Gasteiger partial charge < -0.3 is 4.52 Å². The number of hydrogen-bond acceptors (Lipinski definition) is 5. The van der Waals surface area contributed by atoms with Crippen LogP contribution in [-0.4, -0.2) is 26.2 Å². The van der Waals surface area contributed by atoms with Crippen LogP contribution in [-0.2, 0) is 0 Å². The number of anilines is 1. The number of H-pyrrole nitrogens is 1. The van der Waals surface area contributed by atoms with E-state index in [-0.39, 0.29) is 11.9 Å². The molecule has 7 heteroatoms. The van der Waals surface area contributed by atoms with E-state index in [4.69, 9.17) is 4.52 Å². The largest absolute Gasteiger partial charge is 0.328 e. The highest BCUT2D eigenvalue weighted by atomic mass is 16.5. The van der Waals surface area contributed by atoms with Crippen LogP contribution in [0.1, 0.15) is 16.2 Å². The molecule has 1 aromatic carbocycles. The second-order valence-electron chi connectivity index (χ2n) is 3.77. The Kier molecular flexibility index (Phi) is 2.30. The van der Waals surface area contributed by atoms with E-state index in [1.54, 1.807) is 25.3 Å². The normalized spacial score (nSPS) is 10.7. The topological polar surface area (TPSA) is 96.7 Å². The summed E-state index contributed by atoms with van der Waals surface area (Å²) < 4.78 is 4.82. The standard InChI is InChI=1S/C11H9N5O2/c1-6-13-11(18-16-6)14-10(17)7-2-3-8-5-12-15-9(8)4-7/h2-5H,1H3,(H,12,15)(H,13,14,16,17). The van der Waals surface area contributed by atoms with Gasteiger partial charge in [-0.2, -0.15) is 10.1 Å². The molecule has 2 N–H and O–H groups in total. The van der Waals surface area contributed by atoms with Gasteiger partial charge in [-0.25, -0.2) is 0 Å². The number of hydrogen-bond donors (Lipinski definition) is 2. The second-order valence-corrected chi connectivity index (χ2v) is 3.77. The van der Waals surface area contributed by atoms with Gasteiger partial charge in [0.15, 0.2) is 5.82 Å². The molecule has 90 valence electrons. The summed E-state index contributed by atoms with van der Waals surface area (Å²) >= 11 is 0. The van der Waals surface area contributed by atoms with Crippen molar-refractivity contribution in [2.75, 3.05) is 5.32 Å². The summed E-state index contributed by atoms with van der Waals surface area (Å²) in [4.78, 5) is 15.8. The van der Waals surface area contributed by atoms with Crippen LogP contribution in [0.15, 0.2) is 28.9 Å². The second kappa shape index (κ2) is 3.95. The lowest BCUT2D eigenvalue weighted by atomic mass is 10.1. The highest BCUT2D eigenvalue weighted by molar-refractivity contribution is 6.05. The number of amides is 1. The van der Waals surface area contributed by atoms with E-state index in [9.17, 15) is 4.79 Å². The number of carbonyl (C=O) groups excluding carboxylic acids is 1. The number of nitrogens with one attached hydrogen (secondary N) is 2. The molecular weight excluding hydrogens is 234 g/mol. The molecule has 2 aromatic heterocycles.